The highest BCUT2D eigenvalue weighted by Crippen LogP contribution is 2.25. The molecule has 0 aromatic heterocycles. The van der Waals surface area contributed by atoms with E-state index in [1.54, 1.807) is 13.0 Å². The van der Waals surface area contributed by atoms with Gasteiger partial charge in [-0.25, -0.2) is 0 Å². The molecule has 0 aliphatic carbocycles. The van der Waals surface area contributed by atoms with E-state index in [0.717, 1.165) is 12.1 Å². The Hall–Kier alpha value is -2.36. The van der Waals surface area contributed by atoms with E-state index >= 15 is 0 Å². The average Bonchev–Trinajstić information content (AvgIpc) is 2.46. The molecule has 1 N–H and O–H groups in total. The maximum atomic E-state index is 10.9. The Labute approximate surface area is 118 Å². The number of nitro benzene ring substituents is 1. The molecular weight excluding hydrogens is 252 g/mol. The number of hydrogen-bond donors (Lipinski definition) is 1. The zero-order valence-electron chi connectivity index (χ0n) is 11.7. The lowest BCUT2D eigenvalue weighted by molar-refractivity contribution is -0.385. The van der Waals surface area contributed by atoms with Gasteiger partial charge in [-0.3, -0.25) is 10.1 Å². The fourth-order valence-corrected chi connectivity index (χ4v) is 2.28. The number of nitro groups is 1. The molecule has 0 radical (unpaired) electrons. The average molecular weight is 270 g/mol. The van der Waals surface area contributed by atoms with E-state index in [2.05, 4.69) is 24.4 Å². The fraction of sp³-hybridized carbons (Fsp3) is 0.250. The number of nitrogens with zero attached hydrogens (tertiary/aromatic N) is 1. The van der Waals surface area contributed by atoms with Crippen molar-refractivity contribution in [1.29, 1.82) is 0 Å². The number of rotatable bonds is 5. The Balaban J connectivity index is 2.19. The molecule has 4 nitrogen and oxygen atoms in total. The summed E-state index contributed by atoms with van der Waals surface area (Å²) in [4.78, 5) is 10.6. The summed E-state index contributed by atoms with van der Waals surface area (Å²) in [6.07, 6.45) is 0.978. The van der Waals surface area contributed by atoms with Crippen molar-refractivity contribution < 1.29 is 4.92 Å². The van der Waals surface area contributed by atoms with Crippen molar-refractivity contribution in [3.05, 3.63) is 69.3 Å². The highest BCUT2D eigenvalue weighted by atomic mass is 16.6. The Morgan fingerprint density at radius 2 is 1.80 bits per heavy atom. The van der Waals surface area contributed by atoms with E-state index in [0.29, 0.717) is 12.1 Å². The molecule has 0 aliphatic heterocycles. The van der Waals surface area contributed by atoms with E-state index in [1.165, 1.54) is 17.2 Å². The summed E-state index contributed by atoms with van der Waals surface area (Å²) >= 11 is 0. The van der Waals surface area contributed by atoms with Gasteiger partial charge in [0.1, 0.15) is 0 Å². The molecule has 0 spiro atoms. The monoisotopic (exact) mass is 270 g/mol. The van der Waals surface area contributed by atoms with Gasteiger partial charge >= 0.3 is 0 Å². The number of aryl methyl sites for hydroxylation is 1. The van der Waals surface area contributed by atoms with Crippen molar-refractivity contribution in [2.75, 3.05) is 5.32 Å². The molecule has 2 aromatic carbocycles. The van der Waals surface area contributed by atoms with Crippen molar-refractivity contribution >= 4 is 11.4 Å². The van der Waals surface area contributed by atoms with Crippen LogP contribution in [0.5, 0.6) is 0 Å². The molecule has 4 heteroatoms. The van der Waals surface area contributed by atoms with Gasteiger partial charge in [0.15, 0.2) is 0 Å². The Kier molecular flexibility index (Phi) is 4.35. The highest BCUT2D eigenvalue weighted by molar-refractivity contribution is 5.60. The molecule has 0 saturated heterocycles. The predicted octanol–water partition coefficient (Wildman–Crippen LogP) is 4.08. The summed E-state index contributed by atoms with van der Waals surface area (Å²) < 4.78 is 0. The van der Waals surface area contributed by atoms with Gasteiger partial charge in [0.25, 0.3) is 5.69 Å². The van der Waals surface area contributed by atoms with Crippen LogP contribution in [0.1, 0.15) is 23.6 Å². The van der Waals surface area contributed by atoms with Crippen LogP contribution in [0.3, 0.4) is 0 Å². The summed E-state index contributed by atoms with van der Waals surface area (Å²) in [5, 5.41) is 14.2. The third kappa shape index (κ3) is 2.96. The summed E-state index contributed by atoms with van der Waals surface area (Å²) in [5.41, 5.74) is 4.15. The molecule has 0 saturated carbocycles. The third-order valence-electron chi connectivity index (χ3n) is 3.47. The third-order valence-corrected chi connectivity index (χ3v) is 3.47. The quantitative estimate of drug-likeness (QED) is 0.658. The van der Waals surface area contributed by atoms with Crippen LogP contribution < -0.4 is 5.32 Å². The van der Waals surface area contributed by atoms with Crippen LogP contribution in [0.2, 0.25) is 0 Å². The van der Waals surface area contributed by atoms with E-state index in [-0.39, 0.29) is 10.6 Å². The molecule has 2 rings (SSSR count). The molecule has 20 heavy (non-hydrogen) atoms. The minimum absolute atomic E-state index is 0.152. The van der Waals surface area contributed by atoms with Crippen molar-refractivity contribution in [2.24, 2.45) is 0 Å². The van der Waals surface area contributed by atoms with Gasteiger partial charge in [0.2, 0.25) is 0 Å². The number of hydrogen-bond acceptors (Lipinski definition) is 3. The smallest absolute Gasteiger partial charge is 0.274 e. The molecule has 0 heterocycles. The van der Waals surface area contributed by atoms with Gasteiger partial charge in [-0.15, -0.1) is 0 Å². The standard InChI is InChI=1S/C16H18N2O2/c1-3-13-7-4-5-8-14(13)11-17-15-9-6-10-16(12(15)2)18(19)20/h4-10,17H,3,11H2,1-2H3. The van der Waals surface area contributed by atoms with Crippen LogP contribution in [0.25, 0.3) is 0 Å². The van der Waals surface area contributed by atoms with Gasteiger partial charge in [-0.2, -0.15) is 0 Å². The van der Waals surface area contributed by atoms with E-state index in [1.807, 2.05) is 18.2 Å². The molecule has 0 amide bonds. The van der Waals surface area contributed by atoms with Gasteiger partial charge in [0, 0.05) is 23.9 Å². The largest absolute Gasteiger partial charge is 0.381 e. The first kappa shape index (κ1) is 14.1. The molecule has 0 bridgehead atoms. The number of nitrogens with one attached hydrogen (secondary N) is 1. The zero-order chi connectivity index (χ0) is 14.5. The molecule has 0 fully saturated rings. The highest BCUT2D eigenvalue weighted by Gasteiger charge is 2.12. The Morgan fingerprint density at radius 3 is 2.45 bits per heavy atom. The molecule has 2 aromatic rings. The summed E-state index contributed by atoms with van der Waals surface area (Å²) in [6, 6.07) is 13.3. The van der Waals surface area contributed by atoms with Crippen molar-refractivity contribution in [3.63, 3.8) is 0 Å². The lowest BCUT2D eigenvalue weighted by Gasteiger charge is -2.12. The summed E-state index contributed by atoms with van der Waals surface area (Å²) in [7, 11) is 0. The van der Waals surface area contributed by atoms with E-state index in [4.69, 9.17) is 0 Å². The van der Waals surface area contributed by atoms with Crippen LogP contribution in [-0.2, 0) is 13.0 Å². The first-order valence-corrected chi connectivity index (χ1v) is 6.68. The minimum Gasteiger partial charge on any atom is -0.381 e. The molecular formula is C16H18N2O2. The summed E-state index contributed by atoms with van der Waals surface area (Å²) in [5.74, 6) is 0. The molecule has 0 aliphatic rings. The molecule has 0 atom stereocenters. The lowest BCUT2D eigenvalue weighted by atomic mass is 10.0. The maximum absolute atomic E-state index is 10.9. The predicted molar refractivity (Wildman–Crippen MR) is 81.0 cm³/mol. The van der Waals surface area contributed by atoms with Gasteiger partial charge in [0.05, 0.1) is 4.92 Å². The first-order valence-electron chi connectivity index (χ1n) is 6.68. The van der Waals surface area contributed by atoms with Gasteiger partial charge in [-0.05, 0) is 30.5 Å². The topological polar surface area (TPSA) is 55.2 Å². The molecule has 104 valence electrons. The maximum Gasteiger partial charge on any atom is 0.274 e. The lowest BCUT2D eigenvalue weighted by Crippen LogP contribution is -2.04. The summed E-state index contributed by atoms with van der Waals surface area (Å²) in [6.45, 7) is 4.57. The van der Waals surface area contributed by atoms with E-state index in [9.17, 15) is 10.1 Å². The van der Waals surface area contributed by atoms with Crippen molar-refractivity contribution in [1.82, 2.24) is 0 Å². The normalized spacial score (nSPS) is 10.3. The van der Waals surface area contributed by atoms with Crippen molar-refractivity contribution in [3.8, 4) is 0 Å². The molecule has 0 unspecified atom stereocenters. The van der Waals surface area contributed by atoms with Crippen LogP contribution in [0.15, 0.2) is 42.5 Å². The SMILES string of the molecule is CCc1ccccc1CNc1cccc([N+](=O)[O-])c1C. The second-order valence-electron chi connectivity index (χ2n) is 4.68. The van der Waals surface area contributed by atoms with Crippen molar-refractivity contribution in [2.45, 2.75) is 26.8 Å². The Bertz CT molecular complexity index is 624. The van der Waals surface area contributed by atoms with Crippen LogP contribution in [0.4, 0.5) is 11.4 Å². The number of benzene rings is 2. The fourth-order valence-electron chi connectivity index (χ4n) is 2.28. The second-order valence-corrected chi connectivity index (χ2v) is 4.68. The van der Waals surface area contributed by atoms with Crippen LogP contribution >= 0.6 is 0 Å². The number of anilines is 1. The minimum atomic E-state index is -0.347. The second kappa shape index (κ2) is 6.19. The van der Waals surface area contributed by atoms with Gasteiger partial charge in [-0.1, -0.05) is 37.3 Å². The van der Waals surface area contributed by atoms with Crippen LogP contribution in [-0.4, -0.2) is 4.92 Å². The zero-order valence-corrected chi connectivity index (χ0v) is 11.7. The first-order chi connectivity index (χ1) is 9.63. The van der Waals surface area contributed by atoms with Crippen LogP contribution in [0, 0.1) is 17.0 Å². The van der Waals surface area contributed by atoms with E-state index < -0.39 is 0 Å². The van der Waals surface area contributed by atoms with Gasteiger partial charge < -0.3 is 5.32 Å². The Morgan fingerprint density at radius 1 is 1.10 bits per heavy atom.